The Hall–Kier alpha value is -0.120. The van der Waals surface area contributed by atoms with Crippen molar-refractivity contribution in [2.24, 2.45) is 11.1 Å². The molecule has 1 heterocycles. The Bertz CT molecular complexity index is 211. The molecule has 1 aliphatic heterocycles. The van der Waals surface area contributed by atoms with Gasteiger partial charge in [0.25, 0.3) is 0 Å². The highest BCUT2D eigenvalue weighted by Gasteiger charge is 2.58. The fourth-order valence-electron chi connectivity index (χ4n) is 2.51. The molecule has 0 bridgehead atoms. The topological polar surface area (TPSA) is 55.5 Å². The highest BCUT2D eigenvalue weighted by Crippen LogP contribution is 2.48. The Morgan fingerprint density at radius 2 is 2.07 bits per heavy atom. The molecule has 2 unspecified atom stereocenters. The van der Waals surface area contributed by atoms with Crippen molar-refractivity contribution in [2.75, 3.05) is 13.2 Å². The highest BCUT2D eigenvalue weighted by atomic mass is 16.5. The van der Waals surface area contributed by atoms with Gasteiger partial charge in [-0.3, -0.25) is 0 Å². The van der Waals surface area contributed by atoms with Crippen LogP contribution >= 0.6 is 0 Å². The van der Waals surface area contributed by atoms with Crippen molar-refractivity contribution in [3.63, 3.8) is 0 Å². The largest absolute Gasteiger partial charge is 0.386 e. The van der Waals surface area contributed by atoms with E-state index in [1.54, 1.807) is 0 Å². The summed E-state index contributed by atoms with van der Waals surface area (Å²) >= 11 is 0. The van der Waals surface area contributed by atoms with Crippen LogP contribution in [0.25, 0.3) is 0 Å². The number of nitrogens with two attached hydrogens (primary N) is 1. The van der Waals surface area contributed by atoms with Gasteiger partial charge in [0.1, 0.15) is 5.60 Å². The molecule has 84 valence electrons. The monoisotopic (exact) mass is 201 g/mol. The third-order valence-electron chi connectivity index (χ3n) is 4.15. The first-order chi connectivity index (χ1) is 6.33. The van der Waals surface area contributed by atoms with Crippen molar-refractivity contribution in [3.05, 3.63) is 0 Å². The summed E-state index contributed by atoms with van der Waals surface area (Å²) < 4.78 is 5.60. The van der Waals surface area contributed by atoms with Crippen LogP contribution in [0.1, 0.15) is 40.5 Å². The number of ether oxygens (including phenoxy) is 1. The molecule has 2 atom stereocenters. The average molecular weight is 201 g/mol. The third-order valence-corrected chi connectivity index (χ3v) is 4.15. The van der Waals surface area contributed by atoms with E-state index in [4.69, 9.17) is 10.5 Å². The van der Waals surface area contributed by atoms with Gasteiger partial charge < -0.3 is 15.6 Å². The van der Waals surface area contributed by atoms with Crippen molar-refractivity contribution in [1.29, 1.82) is 0 Å². The van der Waals surface area contributed by atoms with E-state index >= 15 is 0 Å². The first kappa shape index (κ1) is 12.0. The van der Waals surface area contributed by atoms with Gasteiger partial charge in [-0.2, -0.15) is 0 Å². The Balaban J connectivity index is 3.04. The number of aliphatic hydroxyl groups is 1. The molecule has 0 amide bonds. The summed E-state index contributed by atoms with van der Waals surface area (Å²) in [5, 5.41) is 10.7. The Labute approximate surface area is 86.6 Å². The van der Waals surface area contributed by atoms with E-state index in [0.29, 0.717) is 19.6 Å². The molecule has 1 aliphatic rings. The predicted molar refractivity (Wildman–Crippen MR) is 57.1 cm³/mol. The molecule has 0 aromatic heterocycles. The summed E-state index contributed by atoms with van der Waals surface area (Å²) in [6.45, 7) is 9.13. The third kappa shape index (κ3) is 1.38. The molecule has 1 rings (SSSR count). The summed E-state index contributed by atoms with van der Waals surface area (Å²) in [6, 6.07) is 0. The van der Waals surface area contributed by atoms with E-state index in [1.165, 1.54) is 0 Å². The van der Waals surface area contributed by atoms with E-state index < -0.39 is 11.2 Å². The van der Waals surface area contributed by atoms with Gasteiger partial charge in [-0.1, -0.05) is 13.8 Å². The second-order valence-corrected chi connectivity index (χ2v) is 5.09. The first-order valence-electron chi connectivity index (χ1n) is 5.39. The van der Waals surface area contributed by atoms with Crippen molar-refractivity contribution >= 4 is 0 Å². The Morgan fingerprint density at radius 1 is 1.50 bits per heavy atom. The van der Waals surface area contributed by atoms with E-state index in [2.05, 4.69) is 6.92 Å². The summed E-state index contributed by atoms with van der Waals surface area (Å²) in [4.78, 5) is 0. The van der Waals surface area contributed by atoms with Crippen LogP contribution in [0.4, 0.5) is 0 Å². The van der Waals surface area contributed by atoms with Crippen molar-refractivity contribution in [2.45, 2.75) is 51.7 Å². The van der Waals surface area contributed by atoms with E-state index in [1.807, 2.05) is 20.8 Å². The first-order valence-corrected chi connectivity index (χ1v) is 5.39. The minimum atomic E-state index is -0.802. The predicted octanol–water partition coefficient (Wildman–Crippen LogP) is 1.29. The maximum atomic E-state index is 10.7. The lowest BCUT2D eigenvalue weighted by Gasteiger charge is -2.48. The van der Waals surface area contributed by atoms with Crippen LogP contribution < -0.4 is 5.73 Å². The maximum Gasteiger partial charge on any atom is 0.102 e. The van der Waals surface area contributed by atoms with Crippen LogP contribution in [0.2, 0.25) is 0 Å². The minimum absolute atomic E-state index is 0.257. The zero-order valence-electron chi connectivity index (χ0n) is 9.76. The molecule has 3 nitrogen and oxygen atoms in total. The lowest BCUT2D eigenvalue weighted by molar-refractivity contribution is -0.162. The SMILES string of the molecule is CCC(C)(CN)C1(O)CCOC1(C)C. The Morgan fingerprint density at radius 3 is 2.36 bits per heavy atom. The molecule has 1 saturated heterocycles. The van der Waals surface area contributed by atoms with Gasteiger partial charge in [-0.05, 0) is 20.3 Å². The van der Waals surface area contributed by atoms with Gasteiger partial charge in [0, 0.05) is 18.4 Å². The van der Waals surface area contributed by atoms with Gasteiger partial charge >= 0.3 is 0 Å². The van der Waals surface area contributed by atoms with Gasteiger partial charge in [0.2, 0.25) is 0 Å². The zero-order chi connectivity index (χ0) is 11.0. The standard InChI is InChI=1S/C11H23NO2/c1-5-10(4,8-12)11(13)6-7-14-9(11,2)3/h13H,5-8,12H2,1-4H3. The second-order valence-electron chi connectivity index (χ2n) is 5.09. The quantitative estimate of drug-likeness (QED) is 0.723. The zero-order valence-corrected chi connectivity index (χ0v) is 9.76. The fraction of sp³-hybridized carbons (Fsp3) is 1.00. The molecule has 0 radical (unpaired) electrons. The van der Waals surface area contributed by atoms with Gasteiger partial charge in [0.15, 0.2) is 0 Å². The van der Waals surface area contributed by atoms with E-state index in [-0.39, 0.29) is 5.41 Å². The van der Waals surface area contributed by atoms with Crippen LogP contribution in [-0.4, -0.2) is 29.5 Å². The van der Waals surface area contributed by atoms with E-state index in [9.17, 15) is 5.11 Å². The summed E-state index contributed by atoms with van der Waals surface area (Å²) in [7, 11) is 0. The lowest BCUT2D eigenvalue weighted by Crippen LogP contribution is -2.60. The minimum Gasteiger partial charge on any atom is -0.386 e. The molecule has 0 aromatic carbocycles. The molecule has 0 saturated carbocycles. The van der Waals surface area contributed by atoms with Crippen LogP contribution in [0.5, 0.6) is 0 Å². The number of rotatable bonds is 3. The highest BCUT2D eigenvalue weighted by molar-refractivity contribution is 5.09. The molecule has 3 heteroatoms. The summed E-state index contributed by atoms with van der Waals surface area (Å²) in [5.74, 6) is 0. The molecule has 3 N–H and O–H groups in total. The van der Waals surface area contributed by atoms with Crippen LogP contribution in [0.15, 0.2) is 0 Å². The van der Waals surface area contributed by atoms with Crippen LogP contribution in [0, 0.1) is 5.41 Å². The normalized spacial score (nSPS) is 35.6. The molecular weight excluding hydrogens is 178 g/mol. The van der Waals surface area contributed by atoms with Crippen molar-refractivity contribution < 1.29 is 9.84 Å². The van der Waals surface area contributed by atoms with Gasteiger partial charge in [-0.15, -0.1) is 0 Å². The summed E-state index contributed by atoms with van der Waals surface area (Å²) in [5.41, 5.74) is 4.24. The van der Waals surface area contributed by atoms with Crippen molar-refractivity contribution in [3.8, 4) is 0 Å². The van der Waals surface area contributed by atoms with Crippen LogP contribution in [0.3, 0.4) is 0 Å². The molecule has 14 heavy (non-hydrogen) atoms. The van der Waals surface area contributed by atoms with Gasteiger partial charge in [-0.25, -0.2) is 0 Å². The second kappa shape index (κ2) is 3.47. The molecule has 0 aromatic rings. The van der Waals surface area contributed by atoms with Crippen molar-refractivity contribution in [1.82, 2.24) is 0 Å². The number of hydrogen-bond acceptors (Lipinski definition) is 3. The maximum absolute atomic E-state index is 10.7. The smallest absolute Gasteiger partial charge is 0.102 e. The Kier molecular flexibility index (Phi) is 2.96. The van der Waals surface area contributed by atoms with Crippen LogP contribution in [-0.2, 0) is 4.74 Å². The molecule has 1 fully saturated rings. The average Bonchev–Trinajstić information content (AvgIpc) is 2.41. The molecule has 0 spiro atoms. The van der Waals surface area contributed by atoms with E-state index in [0.717, 1.165) is 6.42 Å². The lowest BCUT2D eigenvalue weighted by atomic mass is 9.64. The fourth-order valence-corrected chi connectivity index (χ4v) is 2.51. The molecule has 0 aliphatic carbocycles. The molecular formula is C11H23NO2. The summed E-state index contributed by atoms with van der Waals surface area (Å²) in [6.07, 6.45) is 1.55. The number of hydrogen-bond donors (Lipinski definition) is 2. The van der Waals surface area contributed by atoms with Gasteiger partial charge in [0.05, 0.1) is 12.2 Å².